The van der Waals surface area contributed by atoms with E-state index in [1.807, 2.05) is 25.3 Å². The Labute approximate surface area is 142 Å². The number of hydrogen-bond donors (Lipinski definition) is 2. The number of amides is 1. The topological polar surface area (TPSA) is 106 Å². The highest BCUT2D eigenvalue weighted by atomic mass is 32.1. The van der Waals surface area contributed by atoms with E-state index in [9.17, 15) is 4.79 Å². The van der Waals surface area contributed by atoms with Crippen molar-refractivity contribution in [2.75, 3.05) is 10.6 Å². The molecule has 24 heavy (non-hydrogen) atoms. The number of nitrogens with zero attached hydrogens (tertiary/aromatic N) is 4. The van der Waals surface area contributed by atoms with Gasteiger partial charge >= 0.3 is 0 Å². The van der Waals surface area contributed by atoms with Crippen molar-refractivity contribution in [2.24, 2.45) is 0 Å². The third-order valence-electron chi connectivity index (χ3n) is 2.99. The summed E-state index contributed by atoms with van der Waals surface area (Å²) in [5, 5.41) is 11.9. The fourth-order valence-corrected chi connectivity index (χ4v) is 2.80. The van der Waals surface area contributed by atoms with Crippen LogP contribution in [-0.4, -0.2) is 26.0 Å². The van der Waals surface area contributed by atoms with E-state index in [4.69, 9.17) is 4.52 Å². The highest BCUT2D eigenvalue weighted by molar-refractivity contribution is 7.13. The zero-order valence-electron chi connectivity index (χ0n) is 13.5. The minimum Gasteiger partial charge on any atom is -0.360 e. The first kappa shape index (κ1) is 16.1. The summed E-state index contributed by atoms with van der Waals surface area (Å²) in [5.41, 5.74) is 2.41. The summed E-state index contributed by atoms with van der Waals surface area (Å²) in [6.45, 7) is 5.57. The lowest BCUT2D eigenvalue weighted by molar-refractivity contribution is -0.115. The van der Waals surface area contributed by atoms with E-state index in [-0.39, 0.29) is 12.3 Å². The van der Waals surface area contributed by atoms with E-state index in [1.54, 1.807) is 13.0 Å². The van der Waals surface area contributed by atoms with Crippen molar-refractivity contribution in [3.8, 4) is 0 Å². The second kappa shape index (κ2) is 6.75. The molecule has 0 unspecified atom stereocenters. The Morgan fingerprint density at radius 3 is 2.58 bits per heavy atom. The van der Waals surface area contributed by atoms with Gasteiger partial charge in [-0.1, -0.05) is 5.16 Å². The number of anilines is 3. The Hall–Kier alpha value is -2.81. The van der Waals surface area contributed by atoms with Crippen molar-refractivity contribution in [3.05, 3.63) is 40.4 Å². The molecule has 3 aromatic heterocycles. The molecular weight excluding hydrogens is 328 g/mol. The zero-order chi connectivity index (χ0) is 17.1. The molecule has 124 valence electrons. The van der Waals surface area contributed by atoms with Crippen LogP contribution in [0.5, 0.6) is 0 Å². The molecule has 3 rings (SSSR count). The van der Waals surface area contributed by atoms with Crippen LogP contribution in [0.3, 0.4) is 0 Å². The third-order valence-corrected chi connectivity index (χ3v) is 3.80. The summed E-state index contributed by atoms with van der Waals surface area (Å²) in [6, 6.07) is 3.55. The number of aryl methyl sites for hydroxylation is 3. The first-order chi connectivity index (χ1) is 11.5. The van der Waals surface area contributed by atoms with E-state index in [2.05, 4.69) is 30.7 Å². The molecule has 0 atom stereocenters. The van der Waals surface area contributed by atoms with Crippen LogP contribution < -0.4 is 10.6 Å². The van der Waals surface area contributed by atoms with Gasteiger partial charge in [0.15, 0.2) is 10.9 Å². The highest BCUT2D eigenvalue weighted by Gasteiger charge is 2.11. The van der Waals surface area contributed by atoms with Crippen molar-refractivity contribution < 1.29 is 9.32 Å². The number of carbonyl (C=O) groups is 1. The first-order valence-electron chi connectivity index (χ1n) is 7.25. The second-order valence-electron chi connectivity index (χ2n) is 5.29. The van der Waals surface area contributed by atoms with Crippen LogP contribution >= 0.6 is 11.3 Å². The smallest absolute Gasteiger partial charge is 0.231 e. The molecule has 0 aliphatic heterocycles. The van der Waals surface area contributed by atoms with Gasteiger partial charge in [-0.05, 0) is 26.8 Å². The summed E-state index contributed by atoms with van der Waals surface area (Å²) < 4.78 is 4.90. The lowest BCUT2D eigenvalue weighted by atomic mass is 10.3. The number of thiazole rings is 1. The molecule has 0 saturated carbocycles. The lowest BCUT2D eigenvalue weighted by Crippen LogP contribution is -2.14. The van der Waals surface area contributed by atoms with Crippen LogP contribution in [0, 0.1) is 20.8 Å². The number of rotatable bonds is 5. The number of aromatic nitrogens is 4. The SMILES string of the molecule is Cc1cc(C)nc(Nc2nc(CC(=O)Nc3cc(C)on3)cs2)n1. The molecule has 3 aromatic rings. The summed E-state index contributed by atoms with van der Waals surface area (Å²) in [5.74, 6) is 1.33. The molecule has 0 bridgehead atoms. The normalized spacial score (nSPS) is 10.6. The van der Waals surface area contributed by atoms with E-state index < -0.39 is 0 Å². The van der Waals surface area contributed by atoms with Gasteiger partial charge in [-0.15, -0.1) is 11.3 Å². The van der Waals surface area contributed by atoms with Gasteiger partial charge in [0.25, 0.3) is 0 Å². The van der Waals surface area contributed by atoms with Crippen LogP contribution in [-0.2, 0) is 11.2 Å². The first-order valence-corrected chi connectivity index (χ1v) is 8.13. The molecule has 0 saturated heterocycles. The van der Waals surface area contributed by atoms with E-state index in [0.717, 1.165) is 11.4 Å². The minimum absolute atomic E-state index is 0.151. The van der Waals surface area contributed by atoms with Crippen molar-refractivity contribution in [3.63, 3.8) is 0 Å². The Bertz CT molecular complexity index is 852. The Balaban J connectivity index is 1.61. The summed E-state index contributed by atoms with van der Waals surface area (Å²) in [6.07, 6.45) is 0.151. The molecule has 2 N–H and O–H groups in total. The zero-order valence-corrected chi connectivity index (χ0v) is 14.3. The molecule has 0 aliphatic rings. The lowest BCUT2D eigenvalue weighted by Gasteiger charge is -2.03. The predicted molar refractivity (Wildman–Crippen MR) is 90.5 cm³/mol. The van der Waals surface area contributed by atoms with Crippen molar-refractivity contribution >= 4 is 34.1 Å². The molecule has 0 radical (unpaired) electrons. The van der Waals surface area contributed by atoms with Crippen molar-refractivity contribution in [1.29, 1.82) is 0 Å². The molecule has 9 heteroatoms. The molecule has 3 heterocycles. The number of carbonyl (C=O) groups excluding carboxylic acids is 1. The monoisotopic (exact) mass is 344 g/mol. The molecule has 8 nitrogen and oxygen atoms in total. The molecular formula is C15H16N6O2S. The molecule has 0 aliphatic carbocycles. The second-order valence-corrected chi connectivity index (χ2v) is 6.15. The minimum atomic E-state index is -0.206. The average Bonchev–Trinajstić information content (AvgIpc) is 3.07. The molecule has 1 amide bonds. The highest BCUT2D eigenvalue weighted by Crippen LogP contribution is 2.20. The fraction of sp³-hybridized carbons (Fsp3) is 0.267. The van der Waals surface area contributed by atoms with Crippen LogP contribution in [0.4, 0.5) is 16.9 Å². The summed E-state index contributed by atoms with van der Waals surface area (Å²) in [4.78, 5) is 25.0. The Kier molecular flexibility index (Phi) is 4.52. The maximum Gasteiger partial charge on any atom is 0.231 e. The number of nitrogens with one attached hydrogen (secondary N) is 2. The van der Waals surface area contributed by atoms with Gasteiger partial charge in [-0.3, -0.25) is 4.79 Å². The van der Waals surface area contributed by atoms with Gasteiger partial charge in [0.1, 0.15) is 5.76 Å². The summed E-state index contributed by atoms with van der Waals surface area (Å²) in [7, 11) is 0. The average molecular weight is 344 g/mol. The fourth-order valence-electron chi connectivity index (χ4n) is 2.10. The molecule has 0 fully saturated rings. The number of hydrogen-bond acceptors (Lipinski definition) is 8. The largest absolute Gasteiger partial charge is 0.360 e. The van der Waals surface area contributed by atoms with Crippen LogP contribution in [0.25, 0.3) is 0 Å². The van der Waals surface area contributed by atoms with E-state index in [1.165, 1.54) is 11.3 Å². The predicted octanol–water partition coefficient (Wildman–Crippen LogP) is 2.77. The van der Waals surface area contributed by atoms with Gasteiger partial charge in [-0.2, -0.15) is 0 Å². The Morgan fingerprint density at radius 2 is 1.92 bits per heavy atom. The van der Waals surface area contributed by atoms with E-state index >= 15 is 0 Å². The summed E-state index contributed by atoms with van der Waals surface area (Å²) >= 11 is 1.39. The molecule has 0 spiro atoms. The van der Waals surface area contributed by atoms with E-state index in [0.29, 0.717) is 28.4 Å². The molecule has 0 aromatic carbocycles. The van der Waals surface area contributed by atoms with Crippen LogP contribution in [0.15, 0.2) is 22.0 Å². The standard InChI is InChI=1S/C15H16N6O2S/c1-8-4-9(2)17-14(16-8)20-15-18-11(7-24-15)6-13(22)19-12-5-10(3)23-21-12/h4-5,7H,6H2,1-3H3,(H,19,21,22)(H,16,17,18,20). The van der Waals surface area contributed by atoms with Crippen molar-refractivity contribution in [2.45, 2.75) is 27.2 Å². The van der Waals surface area contributed by atoms with Gasteiger partial charge in [-0.25, -0.2) is 15.0 Å². The van der Waals surface area contributed by atoms with Gasteiger partial charge in [0.05, 0.1) is 12.1 Å². The van der Waals surface area contributed by atoms with Gasteiger partial charge in [0, 0.05) is 22.8 Å². The quantitative estimate of drug-likeness (QED) is 0.733. The maximum atomic E-state index is 12.0. The van der Waals surface area contributed by atoms with Crippen LogP contribution in [0.2, 0.25) is 0 Å². The van der Waals surface area contributed by atoms with Gasteiger partial charge in [0.2, 0.25) is 11.9 Å². The van der Waals surface area contributed by atoms with Crippen molar-refractivity contribution in [1.82, 2.24) is 20.1 Å². The Morgan fingerprint density at radius 1 is 1.17 bits per heavy atom. The maximum absolute atomic E-state index is 12.0. The van der Waals surface area contributed by atoms with Crippen LogP contribution in [0.1, 0.15) is 22.8 Å². The van der Waals surface area contributed by atoms with Gasteiger partial charge < -0.3 is 15.2 Å². The third kappa shape index (κ3) is 4.13.